The number of carbonyl (C=O) groups excluding carboxylic acids is 2. The smallest absolute Gasteiger partial charge is 0.410 e. The lowest BCUT2D eigenvalue weighted by atomic mass is 9.97. The van der Waals surface area contributed by atoms with Gasteiger partial charge in [0.1, 0.15) is 12.3 Å². The number of carbonyl (C=O) groups is 2. The fourth-order valence-corrected chi connectivity index (χ4v) is 2.98. The highest BCUT2D eigenvalue weighted by Gasteiger charge is 2.24. The van der Waals surface area contributed by atoms with E-state index in [0.717, 1.165) is 18.4 Å². The molecule has 2 aromatic rings. The van der Waals surface area contributed by atoms with Crippen molar-refractivity contribution in [3.05, 3.63) is 52.8 Å². The lowest BCUT2D eigenvalue weighted by Crippen LogP contribution is -2.41. The Hall–Kier alpha value is -2.54. The molecule has 1 aromatic carbocycles. The van der Waals surface area contributed by atoms with E-state index in [0.29, 0.717) is 36.3 Å². The number of aromatic nitrogens is 2. The van der Waals surface area contributed by atoms with Crippen molar-refractivity contribution in [2.45, 2.75) is 19.4 Å². The first-order chi connectivity index (χ1) is 12.6. The summed E-state index contributed by atoms with van der Waals surface area (Å²) >= 11 is 5.84. The van der Waals surface area contributed by atoms with Gasteiger partial charge in [0.2, 0.25) is 0 Å². The van der Waals surface area contributed by atoms with Crippen LogP contribution in [0.4, 0.5) is 4.79 Å². The maximum Gasteiger partial charge on any atom is 0.410 e. The van der Waals surface area contributed by atoms with E-state index in [2.05, 4.69) is 15.5 Å². The Balaban J connectivity index is 1.37. The summed E-state index contributed by atoms with van der Waals surface area (Å²) in [6.45, 7) is 2.08. The summed E-state index contributed by atoms with van der Waals surface area (Å²) in [5.74, 6) is 0.189. The molecule has 1 aliphatic heterocycles. The first-order valence-electron chi connectivity index (χ1n) is 8.55. The Morgan fingerprint density at radius 3 is 2.62 bits per heavy atom. The van der Waals surface area contributed by atoms with Gasteiger partial charge < -0.3 is 15.0 Å². The molecule has 1 fully saturated rings. The molecule has 8 heteroatoms. The van der Waals surface area contributed by atoms with Crippen LogP contribution in [0.2, 0.25) is 5.02 Å². The van der Waals surface area contributed by atoms with Gasteiger partial charge >= 0.3 is 6.09 Å². The second-order valence-corrected chi connectivity index (χ2v) is 6.73. The van der Waals surface area contributed by atoms with Crippen molar-refractivity contribution in [2.75, 3.05) is 19.6 Å². The summed E-state index contributed by atoms with van der Waals surface area (Å²) in [5.41, 5.74) is 1.35. The predicted octanol–water partition coefficient (Wildman–Crippen LogP) is 2.84. The third kappa shape index (κ3) is 4.98. The Morgan fingerprint density at radius 1 is 1.23 bits per heavy atom. The molecule has 26 heavy (non-hydrogen) atoms. The van der Waals surface area contributed by atoms with Crippen LogP contribution in [-0.2, 0) is 11.3 Å². The number of hydrogen-bond donors (Lipinski definition) is 2. The summed E-state index contributed by atoms with van der Waals surface area (Å²) in [4.78, 5) is 25.8. The van der Waals surface area contributed by atoms with Crippen LogP contribution in [0.25, 0.3) is 0 Å². The van der Waals surface area contributed by atoms with E-state index < -0.39 is 0 Å². The van der Waals surface area contributed by atoms with E-state index in [4.69, 9.17) is 16.3 Å². The Labute approximate surface area is 156 Å². The first-order valence-corrected chi connectivity index (χ1v) is 8.93. The van der Waals surface area contributed by atoms with Gasteiger partial charge in [-0.3, -0.25) is 9.89 Å². The van der Waals surface area contributed by atoms with Crippen molar-refractivity contribution in [1.29, 1.82) is 0 Å². The second kappa shape index (κ2) is 8.71. The molecule has 0 bridgehead atoms. The number of nitrogens with one attached hydrogen (secondary N) is 2. The molecular weight excluding hydrogens is 356 g/mol. The normalized spacial score (nSPS) is 14.9. The molecule has 7 nitrogen and oxygen atoms in total. The number of H-pyrrole nitrogens is 1. The lowest BCUT2D eigenvalue weighted by Gasteiger charge is -2.31. The van der Waals surface area contributed by atoms with Crippen LogP contribution >= 0.6 is 11.6 Å². The fourth-order valence-electron chi connectivity index (χ4n) is 2.85. The molecule has 1 saturated heterocycles. The molecule has 0 unspecified atom stereocenters. The quantitative estimate of drug-likeness (QED) is 0.840. The number of aromatic amines is 1. The zero-order valence-electron chi connectivity index (χ0n) is 14.3. The third-order valence-corrected chi connectivity index (χ3v) is 4.70. The van der Waals surface area contributed by atoms with Gasteiger partial charge in [0.25, 0.3) is 5.91 Å². The van der Waals surface area contributed by atoms with Gasteiger partial charge in [-0.15, -0.1) is 0 Å². The number of hydrogen-bond acceptors (Lipinski definition) is 4. The predicted molar refractivity (Wildman–Crippen MR) is 96.9 cm³/mol. The molecule has 2 N–H and O–H groups in total. The summed E-state index contributed by atoms with van der Waals surface area (Å²) in [5, 5.41) is 9.95. The van der Waals surface area contributed by atoms with Crippen molar-refractivity contribution in [3.8, 4) is 0 Å². The van der Waals surface area contributed by atoms with Crippen LogP contribution < -0.4 is 5.32 Å². The highest BCUT2D eigenvalue weighted by atomic mass is 35.5. The molecule has 138 valence electrons. The summed E-state index contributed by atoms with van der Waals surface area (Å²) < 4.78 is 5.35. The molecule has 2 amide bonds. The van der Waals surface area contributed by atoms with E-state index in [1.54, 1.807) is 29.3 Å². The molecule has 0 spiro atoms. The molecule has 3 rings (SSSR count). The first kappa shape index (κ1) is 18.3. The fraction of sp³-hybridized carbons (Fsp3) is 0.389. The number of nitrogens with zero attached hydrogens (tertiary/aromatic N) is 2. The van der Waals surface area contributed by atoms with Gasteiger partial charge in [0.15, 0.2) is 0 Å². The Kier molecular flexibility index (Phi) is 6.12. The van der Waals surface area contributed by atoms with Crippen LogP contribution in [0.5, 0.6) is 0 Å². The SMILES string of the molecule is O=C(NCC1CCN(C(=O)OCc2ccc(Cl)cc2)CC1)c1ccn[nH]1. The number of likely N-dealkylation sites (tertiary alicyclic amines) is 1. The molecular formula is C18H21ClN4O3. The maximum absolute atomic E-state index is 12.2. The van der Waals surface area contributed by atoms with Crippen molar-refractivity contribution in [1.82, 2.24) is 20.4 Å². The van der Waals surface area contributed by atoms with Crippen LogP contribution in [0, 0.1) is 5.92 Å². The van der Waals surface area contributed by atoms with Crippen LogP contribution in [0.3, 0.4) is 0 Å². The Bertz CT molecular complexity index is 725. The molecule has 0 aliphatic carbocycles. The number of halogens is 1. The van der Waals surface area contributed by atoms with Crippen molar-refractivity contribution in [2.24, 2.45) is 5.92 Å². The second-order valence-electron chi connectivity index (χ2n) is 6.29. The van der Waals surface area contributed by atoms with Gasteiger partial charge in [-0.1, -0.05) is 23.7 Å². The number of benzene rings is 1. The highest BCUT2D eigenvalue weighted by molar-refractivity contribution is 6.30. The Morgan fingerprint density at radius 2 is 1.96 bits per heavy atom. The van der Waals surface area contributed by atoms with E-state index >= 15 is 0 Å². The maximum atomic E-state index is 12.2. The third-order valence-electron chi connectivity index (χ3n) is 4.44. The topological polar surface area (TPSA) is 87.3 Å². The number of ether oxygens (including phenoxy) is 1. The average Bonchev–Trinajstić information content (AvgIpc) is 3.21. The van der Waals surface area contributed by atoms with Crippen LogP contribution in [0.15, 0.2) is 36.5 Å². The van der Waals surface area contributed by atoms with E-state index in [1.165, 1.54) is 0 Å². The average molecular weight is 377 g/mol. The molecule has 0 radical (unpaired) electrons. The van der Waals surface area contributed by atoms with E-state index in [1.807, 2.05) is 12.1 Å². The monoisotopic (exact) mass is 376 g/mol. The number of amides is 2. The minimum Gasteiger partial charge on any atom is -0.445 e. The van der Waals surface area contributed by atoms with Gasteiger partial charge in [-0.25, -0.2) is 4.79 Å². The zero-order chi connectivity index (χ0) is 18.4. The summed E-state index contributed by atoms with van der Waals surface area (Å²) in [7, 11) is 0. The zero-order valence-corrected chi connectivity index (χ0v) is 15.0. The summed E-state index contributed by atoms with van der Waals surface area (Å²) in [6, 6.07) is 8.85. The lowest BCUT2D eigenvalue weighted by molar-refractivity contribution is 0.0800. The van der Waals surface area contributed by atoms with Crippen molar-refractivity contribution >= 4 is 23.6 Å². The molecule has 0 atom stereocenters. The number of rotatable bonds is 5. The van der Waals surface area contributed by atoms with Gasteiger partial charge in [0.05, 0.1) is 0 Å². The van der Waals surface area contributed by atoms with Gasteiger partial charge in [-0.2, -0.15) is 5.10 Å². The van der Waals surface area contributed by atoms with Crippen molar-refractivity contribution in [3.63, 3.8) is 0 Å². The highest BCUT2D eigenvalue weighted by Crippen LogP contribution is 2.18. The minimum absolute atomic E-state index is 0.160. The molecule has 1 aromatic heterocycles. The van der Waals surface area contributed by atoms with Crippen LogP contribution in [-0.4, -0.2) is 46.7 Å². The van der Waals surface area contributed by atoms with Crippen molar-refractivity contribution < 1.29 is 14.3 Å². The minimum atomic E-state index is -0.306. The van der Waals surface area contributed by atoms with Crippen LogP contribution in [0.1, 0.15) is 28.9 Å². The van der Waals surface area contributed by atoms with Gasteiger partial charge in [0, 0.05) is 30.9 Å². The number of piperidine rings is 1. The summed E-state index contributed by atoms with van der Waals surface area (Å²) in [6.07, 6.45) is 2.90. The standard InChI is InChI=1S/C18H21ClN4O3/c19-15-3-1-14(2-4-15)12-26-18(25)23-9-6-13(7-10-23)11-20-17(24)16-5-8-21-22-16/h1-5,8,13H,6-7,9-12H2,(H,20,24)(H,21,22). The van der Waals surface area contributed by atoms with Gasteiger partial charge in [-0.05, 0) is 42.5 Å². The molecule has 2 heterocycles. The molecule has 1 aliphatic rings. The largest absolute Gasteiger partial charge is 0.445 e. The van der Waals surface area contributed by atoms with E-state index in [9.17, 15) is 9.59 Å². The molecule has 0 saturated carbocycles. The van der Waals surface area contributed by atoms with E-state index in [-0.39, 0.29) is 18.6 Å².